The van der Waals surface area contributed by atoms with Gasteiger partial charge in [-0.3, -0.25) is 76.9 Å². The maximum absolute atomic E-state index is 14.4. The van der Waals surface area contributed by atoms with E-state index in [9.17, 15) is 100 Å². The van der Waals surface area contributed by atoms with E-state index in [1.54, 1.807) is 13.8 Å². The van der Waals surface area contributed by atoms with Crippen molar-refractivity contribution in [2.45, 2.75) is 170 Å². The second-order valence-corrected chi connectivity index (χ2v) is 23.8. The lowest BCUT2D eigenvalue weighted by Crippen LogP contribution is -2.61. The summed E-state index contributed by atoms with van der Waals surface area (Å²) >= 11 is 8.18. The number of primary amides is 1. The molecule has 1 saturated heterocycles. The molecule has 0 aromatic heterocycles. The van der Waals surface area contributed by atoms with Gasteiger partial charge < -0.3 is 123 Å². The fourth-order valence-electron chi connectivity index (χ4n) is 8.81. The van der Waals surface area contributed by atoms with Crippen LogP contribution in [0.1, 0.15) is 97.8 Å². The van der Waals surface area contributed by atoms with E-state index in [1.807, 2.05) is 5.32 Å². The molecule has 0 spiro atoms. The molecule has 46 heteroatoms. The zero-order chi connectivity index (χ0) is 78.1. The number of hydrogen-bond donors (Lipinski definition) is 24. The van der Waals surface area contributed by atoms with Crippen LogP contribution in [-0.2, 0) is 81.5 Å². The second kappa shape index (κ2) is 48.4. The van der Waals surface area contributed by atoms with Gasteiger partial charge in [0, 0.05) is 37.4 Å². The first kappa shape index (κ1) is 92.6. The number of carbonyl (C=O) groups is 17. The van der Waals surface area contributed by atoms with E-state index in [0.29, 0.717) is 6.42 Å². The number of likely N-dealkylation sites (tertiary alicyclic amines) is 1. The van der Waals surface area contributed by atoms with Crippen molar-refractivity contribution in [2.24, 2.45) is 39.6 Å². The smallest absolute Gasteiger partial charge is 0.481 e. The van der Waals surface area contributed by atoms with Gasteiger partial charge in [0.2, 0.25) is 82.7 Å². The Labute approximate surface area is 592 Å². The summed E-state index contributed by atoms with van der Waals surface area (Å²) in [6, 6.07) is -16.2. The third-order valence-electron chi connectivity index (χ3n) is 14.1. The Balaban J connectivity index is 0.0000138. The fourth-order valence-corrected chi connectivity index (χ4v) is 9.33. The van der Waals surface area contributed by atoms with Gasteiger partial charge in [0.25, 0.3) is 0 Å². The van der Waals surface area contributed by atoms with E-state index in [2.05, 4.69) is 88.7 Å². The van der Waals surface area contributed by atoms with E-state index in [0.717, 1.165) is 4.90 Å². The minimum absolute atomic E-state index is 0.0188. The molecule has 1 heterocycles. The molecule has 14 amide bonds. The number of carboxylic acid groups (broad SMARTS) is 3. The number of nitrogens with zero attached hydrogens (tertiary/aromatic N) is 2. The molecular weight excluding hydrogens is 1410 g/mol. The Bertz CT molecular complexity index is 2940. The van der Waals surface area contributed by atoms with Crippen LogP contribution in [0, 0.1) is 5.92 Å². The zero-order valence-electron chi connectivity index (χ0n) is 56.0. The van der Waals surface area contributed by atoms with E-state index < -0.39 is 238 Å². The van der Waals surface area contributed by atoms with E-state index >= 15 is 0 Å². The zero-order valence-corrected chi connectivity index (χ0v) is 57.8. The average molecular weight is 1510 g/mol. The van der Waals surface area contributed by atoms with E-state index in [-0.39, 0.29) is 82.2 Å². The number of guanidine groups is 1. The number of aliphatic hydroxyl groups excluding tert-OH is 2. The maximum atomic E-state index is 14.4. The summed E-state index contributed by atoms with van der Waals surface area (Å²) < 4.78 is 31.7. The molecule has 1 fully saturated rings. The van der Waals surface area contributed by atoms with Crippen LogP contribution in [0.2, 0.25) is 0 Å². The van der Waals surface area contributed by atoms with Crippen molar-refractivity contribution in [3.8, 4) is 0 Å². The van der Waals surface area contributed by atoms with Crippen LogP contribution < -0.4 is 92.5 Å². The van der Waals surface area contributed by atoms with Gasteiger partial charge in [0.15, 0.2) is 5.96 Å². The molecule has 1 aliphatic rings. The quantitative estimate of drug-likeness (QED) is 0.0116. The van der Waals surface area contributed by atoms with Crippen molar-refractivity contribution in [2.75, 3.05) is 64.0 Å². The lowest BCUT2D eigenvalue weighted by molar-refractivity contribution is -0.192. The van der Waals surface area contributed by atoms with Crippen LogP contribution in [0.3, 0.4) is 0 Å². The molecule has 0 radical (unpaired) electrons. The first-order valence-electron chi connectivity index (χ1n) is 31.5. The number of alkyl halides is 3. The number of carbonyl (C=O) groups excluding carboxylic acids is 14. The summed E-state index contributed by atoms with van der Waals surface area (Å²) in [5.41, 5.74) is 27.8. The minimum atomic E-state index is -5.08. The predicted molar refractivity (Wildman–Crippen MR) is 356 cm³/mol. The Hall–Kier alpha value is -9.41. The first-order chi connectivity index (χ1) is 47.7. The highest BCUT2D eigenvalue weighted by Gasteiger charge is 2.41. The number of thiol groups is 2. The van der Waals surface area contributed by atoms with Crippen molar-refractivity contribution in [1.29, 1.82) is 0 Å². The molecular formula is C56H94F3N19O22S2. The molecule has 0 aromatic carbocycles. The Morgan fingerprint density at radius 1 is 0.529 bits per heavy atom. The standard InChI is InChI=1S/C54H93N19O20S2.C2HF3O2/c1-26(2)18-32(69-51(90)37-10-7-17-73(37)52(91)33(22-74)70-47(86)31(12-14-42(80)81)68-50(89)36(25-95)71-43(82)27(3)56)49(88)66-28(8-4-5-15-55)45(84)65-29(9-6-16-60-54(58)59)46(85)67-30(11-13-38(57)76)48(87)72-35(24-94)44(83)63-20-40(78)61-19-39(77)62-21-41(79)64-34(23-75)53(92)93;3-2(4,5)1(6)7/h26-37,74-75,94-95H,4-25,55-56H2,1-3H3,(H2,57,76)(H,61,78)(H,62,77)(H,63,83)(H,64,79)(H,65,84)(H,66,88)(H,67,85)(H,68,89)(H,69,90)(H,70,86)(H,71,82)(H,72,87)(H,80,81)(H,92,93)(H4,58,59,60);(H,6,7)/t27-,28-,29-,30-,31-,32-,33-,34-,35-,36-,37-;/m0./s1. The number of aliphatic imine (C=N–C) groups is 1. The Morgan fingerprint density at radius 2 is 0.951 bits per heavy atom. The molecule has 0 bridgehead atoms. The number of halogens is 3. The highest BCUT2D eigenvalue weighted by Crippen LogP contribution is 2.20. The van der Waals surface area contributed by atoms with Gasteiger partial charge in [-0.2, -0.15) is 38.4 Å². The average Bonchev–Trinajstić information content (AvgIpc) is 1.62. The first-order valence-corrected chi connectivity index (χ1v) is 32.8. The van der Waals surface area contributed by atoms with Crippen LogP contribution in [0.25, 0.3) is 0 Å². The Morgan fingerprint density at radius 3 is 1.38 bits per heavy atom. The maximum Gasteiger partial charge on any atom is 0.490 e. The summed E-state index contributed by atoms with van der Waals surface area (Å²) in [6.45, 7) is 0.672. The number of aliphatic carboxylic acids is 3. The van der Waals surface area contributed by atoms with Gasteiger partial charge in [-0.1, -0.05) is 13.8 Å². The third-order valence-corrected chi connectivity index (χ3v) is 14.9. The molecule has 102 heavy (non-hydrogen) atoms. The van der Waals surface area contributed by atoms with Gasteiger partial charge in [0.1, 0.15) is 60.4 Å². The van der Waals surface area contributed by atoms with Crippen LogP contribution in [0.5, 0.6) is 0 Å². The van der Waals surface area contributed by atoms with Crippen molar-refractivity contribution in [3.05, 3.63) is 0 Å². The van der Waals surface area contributed by atoms with Crippen molar-refractivity contribution < 1.29 is 120 Å². The summed E-state index contributed by atoms with van der Waals surface area (Å²) in [7, 11) is 0. The van der Waals surface area contributed by atoms with Crippen LogP contribution in [-0.4, -0.2) is 274 Å². The summed E-state index contributed by atoms with van der Waals surface area (Å²) in [5, 5.41) is 73.0. The summed E-state index contributed by atoms with van der Waals surface area (Å²) in [5.74, 6) is -20.1. The minimum Gasteiger partial charge on any atom is -0.481 e. The molecule has 1 aliphatic heterocycles. The lowest BCUT2D eigenvalue weighted by Gasteiger charge is -2.31. The number of hydrogen-bond acceptors (Lipinski definition) is 24. The molecule has 1 rings (SSSR count). The molecule has 0 aromatic rings. The molecule has 0 unspecified atom stereocenters. The van der Waals surface area contributed by atoms with E-state index in [4.69, 9.17) is 48.8 Å². The van der Waals surface area contributed by atoms with Crippen LogP contribution in [0.4, 0.5) is 13.2 Å². The normalized spacial score (nSPS) is 15.4. The SMILES string of the molecule is CC(C)C[C@H](NC(=O)[C@@H]1CCCN1C(=O)[C@H](CO)NC(=O)[C@H](CCC(=O)O)NC(=O)[C@H](CS)NC(=O)[C@H](C)N)C(=O)N[C@@H](CCCCN)C(=O)N[C@@H](CCCN=C(N)N)C(=O)N[C@@H](CCC(N)=O)C(=O)N[C@@H](CS)C(=O)NCC(=O)NCC(=O)NCC(=O)N[C@@H](CO)C(=O)O.O=C(O)C(F)(F)F. The predicted octanol–water partition coefficient (Wildman–Crippen LogP) is -10.0. The van der Waals surface area contributed by atoms with Gasteiger partial charge in [0.05, 0.1) is 38.9 Å². The number of nitrogens with one attached hydrogen (secondary N) is 12. The van der Waals surface area contributed by atoms with Crippen LogP contribution in [0.15, 0.2) is 4.99 Å². The number of amides is 14. The highest BCUT2D eigenvalue weighted by atomic mass is 32.1. The summed E-state index contributed by atoms with van der Waals surface area (Å²) in [6.07, 6.45) is -6.66. The number of aliphatic hydroxyl groups is 2. The fraction of sp³-hybridized carbons (Fsp3) is 0.679. The molecule has 41 nitrogen and oxygen atoms in total. The van der Waals surface area contributed by atoms with E-state index in [1.165, 1.54) is 6.92 Å². The molecule has 578 valence electrons. The second-order valence-electron chi connectivity index (χ2n) is 23.0. The molecule has 27 N–H and O–H groups in total. The highest BCUT2D eigenvalue weighted by molar-refractivity contribution is 7.80. The number of carboxylic acids is 3. The van der Waals surface area contributed by atoms with Gasteiger partial charge in [-0.15, -0.1) is 0 Å². The van der Waals surface area contributed by atoms with Crippen LogP contribution >= 0.6 is 25.3 Å². The molecule has 11 atom stereocenters. The summed E-state index contributed by atoms with van der Waals surface area (Å²) in [4.78, 5) is 222. The van der Waals surface area contributed by atoms with Gasteiger partial charge in [-0.05, 0) is 83.6 Å². The van der Waals surface area contributed by atoms with Crippen molar-refractivity contribution in [3.63, 3.8) is 0 Å². The largest absolute Gasteiger partial charge is 0.490 e. The molecule has 0 aliphatic carbocycles. The van der Waals surface area contributed by atoms with Gasteiger partial charge >= 0.3 is 24.1 Å². The third kappa shape index (κ3) is 37.3. The van der Waals surface area contributed by atoms with Crippen molar-refractivity contribution in [1.82, 2.24) is 68.7 Å². The number of rotatable bonds is 46. The van der Waals surface area contributed by atoms with Gasteiger partial charge in [-0.25, -0.2) is 9.59 Å². The topological polar surface area (TPSA) is 681 Å². The monoisotopic (exact) mass is 1510 g/mol. The number of unbranched alkanes of at least 4 members (excludes halogenated alkanes) is 1. The molecule has 0 saturated carbocycles. The Kier molecular flexibility index (Phi) is 44.0. The van der Waals surface area contributed by atoms with Crippen molar-refractivity contribution >= 4 is 132 Å². The lowest BCUT2D eigenvalue weighted by atomic mass is 10.0. The number of nitrogens with two attached hydrogens (primary N) is 5.